The highest BCUT2D eigenvalue weighted by Gasteiger charge is 2.18. The minimum Gasteiger partial charge on any atom is -0.309 e. The lowest BCUT2D eigenvalue weighted by Gasteiger charge is -2.13. The summed E-state index contributed by atoms with van der Waals surface area (Å²) in [5.74, 6) is 0.676. The highest BCUT2D eigenvalue weighted by atomic mass is 15.0. The molecule has 0 unspecified atom stereocenters. The number of hydrogen-bond donors (Lipinski definition) is 0. The summed E-state index contributed by atoms with van der Waals surface area (Å²) in [4.78, 5) is 18.3. The predicted molar refractivity (Wildman–Crippen MR) is 154 cm³/mol. The van der Waals surface area contributed by atoms with E-state index in [-0.39, 0.29) is 0 Å². The summed E-state index contributed by atoms with van der Waals surface area (Å²) in [6.45, 7) is 8.73. The summed E-state index contributed by atoms with van der Waals surface area (Å²) >= 11 is 0. The number of rotatable bonds is 4. The second kappa shape index (κ2) is 8.48. The van der Waals surface area contributed by atoms with Crippen molar-refractivity contribution in [2.24, 2.45) is 0 Å². The van der Waals surface area contributed by atoms with E-state index in [1.807, 2.05) is 37.2 Å². The van der Waals surface area contributed by atoms with Gasteiger partial charge in [0.15, 0.2) is 0 Å². The van der Waals surface area contributed by atoms with Gasteiger partial charge >= 0.3 is 0 Å². The van der Waals surface area contributed by atoms with Gasteiger partial charge in [-0.25, -0.2) is 0 Å². The zero-order valence-electron chi connectivity index (χ0n) is 21.9. The molecular formula is C32H28N6. The van der Waals surface area contributed by atoms with Gasteiger partial charge in [-0.15, -0.1) is 0 Å². The van der Waals surface area contributed by atoms with Crippen molar-refractivity contribution in [2.45, 2.75) is 39.5 Å². The van der Waals surface area contributed by atoms with Crippen LogP contribution in [0.5, 0.6) is 0 Å². The summed E-state index contributed by atoms with van der Waals surface area (Å²) in [5, 5.41) is 4.43. The van der Waals surface area contributed by atoms with E-state index in [1.165, 1.54) is 0 Å². The Labute approximate surface area is 220 Å². The molecule has 6 heteroatoms. The normalized spacial score (nSPS) is 12.2. The zero-order chi connectivity index (χ0) is 26.0. The first-order valence-electron chi connectivity index (χ1n) is 13.1. The molecule has 0 atom stereocenters. The Kier molecular flexibility index (Phi) is 5.05. The second-order valence-corrected chi connectivity index (χ2v) is 10.5. The maximum absolute atomic E-state index is 4.76. The molecule has 0 saturated heterocycles. The van der Waals surface area contributed by atoms with Gasteiger partial charge in [0.2, 0.25) is 0 Å². The molecule has 0 aliphatic carbocycles. The van der Waals surface area contributed by atoms with E-state index in [9.17, 15) is 0 Å². The standard InChI is InChI=1S/C32H28N6/c1-19(2)27-13-31-25(17-35-27)23-15-33-10-8-29(23)37(31)21-6-5-7-22(12-21)38-30-9-11-34-16-24(30)26-18-36-28(20(3)4)14-32(26)38/h5-20H,1-4H3. The topological polar surface area (TPSA) is 61.4 Å². The van der Waals surface area contributed by atoms with E-state index in [0.717, 1.165) is 66.4 Å². The van der Waals surface area contributed by atoms with Crippen molar-refractivity contribution in [3.8, 4) is 11.4 Å². The molecule has 6 heterocycles. The van der Waals surface area contributed by atoms with Crippen LogP contribution in [0.1, 0.15) is 50.9 Å². The van der Waals surface area contributed by atoms with E-state index in [0.29, 0.717) is 11.8 Å². The van der Waals surface area contributed by atoms with Crippen LogP contribution in [0.15, 0.2) is 85.7 Å². The predicted octanol–water partition coefficient (Wildman–Crippen LogP) is 7.71. The Morgan fingerprint density at radius 1 is 0.526 bits per heavy atom. The van der Waals surface area contributed by atoms with Crippen molar-refractivity contribution in [2.75, 3.05) is 0 Å². The first-order chi connectivity index (χ1) is 18.5. The molecule has 7 rings (SSSR count). The quantitative estimate of drug-likeness (QED) is 0.250. The fraction of sp³-hybridized carbons (Fsp3) is 0.188. The third kappa shape index (κ3) is 3.33. The molecule has 38 heavy (non-hydrogen) atoms. The van der Waals surface area contributed by atoms with E-state index >= 15 is 0 Å². The average molecular weight is 497 g/mol. The van der Waals surface area contributed by atoms with Gasteiger partial charge in [0.05, 0.1) is 22.1 Å². The molecule has 0 bridgehead atoms. The van der Waals surface area contributed by atoms with Crippen LogP contribution in [0, 0.1) is 0 Å². The molecule has 0 saturated carbocycles. The van der Waals surface area contributed by atoms with Crippen molar-refractivity contribution >= 4 is 43.6 Å². The molecule has 0 amide bonds. The lowest BCUT2D eigenvalue weighted by molar-refractivity contribution is 0.825. The monoisotopic (exact) mass is 496 g/mol. The van der Waals surface area contributed by atoms with Crippen molar-refractivity contribution < 1.29 is 0 Å². The molecule has 0 aliphatic heterocycles. The van der Waals surface area contributed by atoms with E-state index < -0.39 is 0 Å². The van der Waals surface area contributed by atoms with Crippen LogP contribution >= 0.6 is 0 Å². The van der Waals surface area contributed by atoms with E-state index in [4.69, 9.17) is 9.97 Å². The summed E-state index contributed by atoms with van der Waals surface area (Å²) in [6.07, 6.45) is 11.6. The van der Waals surface area contributed by atoms with Gasteiger partial charge in [-0.3, -0.25) is 19.9 Å². The first-order valence-corrected chi connectivity index (χ1v) is 13.1. The number of nitrogens with zero attached hydrogens (tertiary/aromatic N) is 6. The van der Waals surface area contributed by atoms with Gasteiger partial charge in [0.1, 0.15) is 0 Å². The lowest BCUT2D eigenvalue weighted by Crippen LogP contribution is -2.00. The molecule has 0 radical (unpaired) electrons. The highest BCUT2D eigenvalue weighted by Crippen LogP contribution is 2.35. The van der Waals surface area contributed by atoms with Crippen LogP contribution in [0.4, 0.5) is 0 Å². The fourth-order valence-electron chi connectivity index (χ4n) is 5.50. The molecular weight excluding hydrogens is 468 g/mol. The third-order valence-corrected chi connectivity index (χ3v) is 7.48. The molecule has 1 aromatic carbocycles. The zero-order valence-corrected chi connectivity index (χ0v) is 21.9. The largest absolute Gasteiger partial charge is 0.309 e. The molecule has 6 nitrogen and oxygen atoms in total. The fourth-order valence-corrected chi connectivity index (χ4v) is 5.50. The number of aromatic nitrogens is 6. The van der Waals surface area contributed by atoms with Gasteiger partial charge in [0.25, 0.3) is 0 Å². The van der Waals surface area contributed by atoms with Crippen LogP contribution < -0.4 is 0 Å². The molecule has 0 N–H and O–H groups in total. The third-order valence-electron chi connectivity index (χ3n) is 7.48. The number of fused-ring (bicyclic) bond motifs is 6. The molecule has 6 aromatic heterocycles. The van der Waals surface area contributed by atoms with Crippen LogP contribution in [-0.2, 0) is 0 Å². The summed E-state index contributed by atoms with van der Waals surface area (Å²) in [7, 11) is 0. The smallest absolute Gasteiger partial charge is 0.0575 e. The Hall–Kier alpha value is -4.58. The van der Waals surface area contributed by atoms with Gasteiger partial charge in [0, 0.05) is 81.5 Å². The van der Waals surface area contributed by atoms with Crippen LogP contribution in [0.2, 0.25) is 0 Å². The van der Waals surface area contributed by atoms with Crippen LogP contribution in [0.25, 0.3) is 55.0 Å². The van der Waals surface area contributed by atoms with E-state index in [2.05, 4.69) is 95.3 Å². The van der Waals surface area contributed by atoms with Crippen molar-refractivity contribution in [3.05, 3.63) is 97.1 Å². The molecule has 186 valence electrons. The van der Waals surface area contributed by atoms with Crippen molar-refractivity contribution in [1.29, 1.82) is 0 Å². The maximum atomic E-state index is 4.76. The minimum absolute atomic E-state index is 0.338. The average Bonchev–Trinajstić information content (AvgIpc) is 3.45. The molecule has 0 spiro atoms. The van der Waals surface area contributed by atoms with Crippen molar-refractivity contribution in [3.63, 3.8) is 0 Å². The minimum atomic E-state index is 0.338. The number of pyridine rings is 4. The lowest BCUT2D eigenvalue weighted by atomic mass is 10.1. The maximum Gasteiger partial charge on any atom is 0.0575 e. The Balaban J connectivity index is 1.53. The van der Waals surface area contributed by atoms with Gasteiger partial charge in [-0.05, 0) is 54.3 Å². The van der Waals surface area contributed by atoms with Gasteiger partial charge < -0.3 is 9.13 Å². The summed E-state index contributed by atoms with van der Waals surface area (Å²) in [6, 6.07) is 17.4. The summed E-state index contributed by atoms with van der Waals surface area (Å²) in [5.41, 5.74) is 8.86. The molecule has 7 aromatic rings. The Morgan fingerprint density at radius 2 is 0.974 bits per heavy atom. The van der Waals surface area contributed by atoms with Crippen LogP contribution in [0.3, 0.4) is 0 Å². The van der Waals surface area contributed by atoms with Crippen molar-refractivity contribution in [1.82, 2.24) is 29.1 Å². The Morgan fingerprint density at radius 3 is 1.42 bits per heavy atom. The van der Waals surface area contributed by atoms with Gasteiger partial charge in [-0.1, -0.05) is 33.8 Å². The number of benzene rings is 1. The van der Waals surface area contributed by atoms with Gasteiger partial charge in [-0.2, -0.15) is 0 Å². The Bertz CT molecular complexity index is 1850. The number of hydrogen-bond acceptors (Lipinski definition) is 4. The second-order valence-electron chi connectivity index (χ2n) is 10.5. The summed E-state index contributed by atoms with van der Waals surface area (Å²) < 4.78 is 4.67. The molecule has 0 fully saturated rings. The van der Waals surface area contributed by atoms with E-state index in [1.54, 1.807) is 0 Å². The molecule has 0 aliphatic rings. The van der Waals surface area contributed by atoms with Crippen LogP contribution in [-0.4, -0.2) is 29.1 Å². The highest BCUT2D eigenvalue weighted by molar-refractivity contribution is 6.10. The first kappa shape index (κ1) is 22.6. The SMILES string of the molecule is CC(C)c1cc2c(cn1)c1cnccc1n2-c1cccc(-n2c3ccncc3c3cnc(C(C)C)cc32)c1.